The van der Waals surface area contributed by atoms with Crippen LogP contribution in [0.5, 0.6) is 5.75 Å². The molecule has 1 aliphatic rings. The molecule has 1 fully saturated rings. The van der Waals surface area contributed by atoms with Crippen LogP contribution in [0.2, 0.25) is 5.02 Å². The van der Waals surface area contributed by atoms with Crippen molar-refractivity contribution in [1.29, 1.82) is 0 Å². The predicted octanol–water partition coefficient (Wildman–Crippen LogP) is 10.5. The quantitative estimate of drug-likeness (QED) is 0.0365. The van der Waals surface area contributed by atoms with Crippen molar-refractivity contribution in [3.8, 4) is 16.9 Å². The van der Waals surface area contributed by atoms with Crippen LogP contribution in [-0.4, -0.2) is 58.9 Å². The van der Waals surface area contributed by atoms with Gasteiger partial charge in [0.2, 0.25) is 6.23 Å². The molecular weight excluding hydrogens is 730 g/mol. The Labute approximate surface area is 335 Å². The number of carbonyl (C=O) groups is 4. The van der Waals surface area contributed by atoms with Gasteiger partial charge in [-0.05, 0) is 56.5 Å². The second-order valence-electron chi connectivity index (χ2n) is 14.2. The van der Waals surface area contributed by atoms with Gasteiger partial charge in [0.15, 0.2) is 11.8 Å². The first-order chi connectivity index (χ1) is 27.2. The average molecular weight is 784 g/mol. The third-order valence-electron chi connectivity index (χ3n) is 9.98. The maximum absolute atomic E-state index is 15.0. The monoisotopic (exact) mass is 783 g/mol. The average Bonchev–Trinajstić information content (AvgIpc) is 3.61. The van der Waals surface area contributed by atoms with E-state index >= 15 is 0 Å². The second-order valence-corrected chi connectivity index (χ2v) is 14.6. The zero-order chi connectivity index (χ0) is 40.0. The number of carbonyl (C=O) groups excluding carboxylic acids is 4. The molecule has 298 valence electrons. The molecule has 2 heterocycles. The number of aryl methyl sites for hydroxylation is 2. The molecule has 0 spiro atoms. The summed E-state index contributed by atoms with van der Waals surface area (Å²) in [6.07, 6.45) is 10.4. The lowest BCUT2D eigenvalue weighted by Crippen LogP contribution is -2.52. The number of anilines is 1. The Hall–Kier alpha value is -4.93. The van der Waals surface area contributed by atoms with E-state index in [0.717, 1.165) is 24.8 Å². The van der Waals surface area contributed by atoms with Crippen molar-refractivity contribution in [2.24, 2.45) is 0 Å². The largest absolute Gasteiger partial charge is 0.491 e. The van der Waals surface area contributed by atoms with Gasteiger partial charge in [0.25, 0.3) is 11.8 Å². The molecule has 1 N–H and O–H groups in total. The fraction of sp³-hybridized carbons (Fsp3) is 0.422. The molecule has 4 amide bonds. The molecule has 1 aliphatic heterocycles. The number of furan rings is 1. The van der Waals surface area contributed by atoms with E-state index in [4.69, 9.17) is 25.5 Å². The maximum atomic E-state index is 15.0. The van der Waals surface area contributed by atoms with Crippen LogP contribution in [0, 0.1) is 13.8 Å². The lowest BCUT2D eigenvalue weighted by atomic mass is 9.93. The number of nitrogens with zero attached hydrogens (tertiary/aromatic N) is 2. The molecule has 11 heteroatoms. The minimum absolute atomic E-state index is 0.0134. The van der Waals surface area contributed by atoms with Crippen molar-refractivity contribution in [2.75, 3.05) is 18.5 Å². The topological polar surface area (TPSA) is 118 Å². The molecule has 4 aromatic rings. The smallest absolute Gasteiger partial charge is 0.330 e. The number of nitrogens with one attached hydrogen (secondary N) is 1. The first-order valence-corrected chi connectivity index (χ1v) is 20.3. The summed E-state index contributed by atoms with van der Waals surface area (Å²) < 4.78 is 17.9. The lowest BCUT2D eigenvalue weighted by molar-refractivity contribution is -0.144. The Morgan fingerprint density at radius 2 is 1.45 bits per heavy atom. The molecule has 10 nitrogen and oxygen atoms in total. The molecule has 1 aromatic heterocycles. The summed E-state index contributed by atoms with van der Waals surface area (Å²) in [6, 6.07) is 20.3. The Morgan fingerprint density at radius 3 is 2.09 bits per heavy atom. The Morgan fingerprint density at radius 1 is 0.821 bits per heavy atom. The van der Waals surface area contributed by atoms with Gasteiger partial charge in [-0.2, -0.15) is 0 Å². The van der Waals surface area contributed by atoms with E-state index in [2.05, 4.69) is 12.2 Å². The molecule has 56 heavy (non-hydrogen) atoms. The number of amides is 4. The number of ketones is 1. The van der Waals surface area contributed by atoms with Crippen LogP contribution in [0.25, 0.3) is 11.1 Å². The van der Waals surface area contributed by atoms with Crippen molar-refractivity contribution in [3.05, 3.63) is 107 Å². The summed E-state index contributed by atoms with van der Waals surface area (Å²) in [5, 5.41) is 3.12. The van der Waals surface area contributed by atoms with E-state index in [1.807, 2.05) is 60.7 Å². The predicted molar refractivity (Wildman–Crippen MR) is 219 cm³/mol. The van der Waals surface area contributed by atoms with Crippen molar-refractivity contribution in [1.82, 2.24) is 9.80 Å². The molecule has 2 unspecified atom stereocenters. The molecule has 3 aromatic carbocycles. The number of hydrogen-bond acceptors (Lipinski definition) is 7. The van der Waals surface area contributed by atoms with Gasteiger partial charge < -0.3 is 19.2 Å². The Bertz CT molecular complexity index is 1930. The highest BCUT2D eigenvalue weighted by molar-refractivity contribution is 6.31. The van der Waals surface area contributed by atoms with E-state index in [-0.39, 0.29) is 30.2 Å². The SMILES string of the molecule is CCCCCCCCCCCCOc1ccc(Cl)cc1NC(=O)C(C(=O)c1c(C)oc(C)c1-c1ccccc1)N1C(=O)C(OCC)N(Cc2ccccc2)C1=O. The molecule has 0 radical (unpaired) electrons. The van der Waals surface area contributed by atoms with E-state index in [1.54, 1.807) is 32.9 Å². The zero-order valence-electron chi connectivity index (χ0n) is 33.0. The van der Waals surface area contributed by atoms with Gasteiger partial charge in [0, 0.05) is 17.2 Å². The van der Waals surface area contributed by atoms with Crippen molar-refractivity contribution < 1.29 is 33.1 Å². The molecule has 5 rings (SSSR count). The van der Waals surface area contributed by atoms with Crippen molar-refractivity contribution in [3.63, 3.8) is 0 Å². The first kappa shape index (κ1) is 42.2. The summed E-state index contributed by atoms with van der Waals surface area (Å²) in [4.78, 5) is 60.2. The van der Waals surface area contributed by atoms with Gasteiger partial charge in [0.05, 0.1) is 24.4 Å². The molecule has 1 saturated heterocycles. The van der Waals surface area contributed by atoms with Crippen LogP contribution >= 0.6 is 11.6 Å². The van der Waals surface area contributed by atoms with Crippen LogP contribution < -0.4 is 10.1 Å². The molecule has 0 aliphatic carbocycles. The Kier molecular flexibility index (Phi) is 15.7. The van der Waals surface area contributed by atoms with E-state index in [9.17, 15) is 19.2 Å². The van der Waals surface area contributed by atoms with Crippen LogP contribution in [0.3, 0.4) is 0 Å². The zero-order valence-corrected chi connectivity index (χ0v) is 33.7. The first-order valence-electron chi connectivity index (χ1n) is 19.9. The van der Waals surface area contributed by atoms with Gasteiger partial charge in [-0.1, -0.05) is 137 Å². The van der Waals surface area contributed by atoms with E-state index < -0.39 is 35.9 Å². The number of halogens is 1. The van der Waals surface area contributed by atoms with Crippen molar-refractivity contribution >= 4 is 40.9 Å². The normalized spacial score (nSPS) is 14.7. The summed E-state index contributed by atoms with van der Waals surface area (Å²) >= 11 is 6.42. The molecule has 0 saturated carbocycles. The number of benzene rings is 3. The van der Waals surface area contributed by atoms with Crippen LogP contribution in [-0.2, 0) is 20.9 Å². The number of rotatable bonds is 22. The number of Topliss-reactive ketones (excluding diaryl/α,β-unsaturated/α-hetero) is 1. The fourth-order valence-corrected chi connectivity index (χ4v) is 7.37. The summed E-state index contributed by atoms with van der Waals surface area (Å²) in [7, 11) is 0. The van der Waals surface area contributed by atoms with Gasteiger partial charge in [0.1, 0.15) is 17.3 Å². The lowest BCUT2D eigenvalue weighted by Gasteiger charge is -2.25. The number of hydrogen-bond donors (Lipinski definition) is 1. The fourth-order valence-electron chi connectivity index (χ4n) is 7.19. The highest BCUT2D eigenvalue weighted by Gasteiger charge is 2.53. The minimum Gasteiger partial charge on any atom is -0.491 e. The number of unbranched alkanes of at least 4 members (excludes halogenated alkanes) is 9. The van der Waals surface area contributed by atoms with Gasteiger partial charge >= 0.3 is 6.03 Å². The number of ether oxygens (including phenoxy) is 2. The highest BCUT2D eigenvalue weighted by Crippen LogP contribution is 2.36. The molecule has 0 bridgehead atoms. The van der Waals surface area contributed by atoms with Crippen LogP contribution in [0.1, 0.15) is 105 Å². The molecular formula is C45H54ClN3O7. The van der Waals surface area contributed by atoms with Gasteiger partial charge in [-0.15, -0.1) is 0 Å². The third kappa shape index (κ3) is 10.5. The second kappa shape index (κ2) is 20.8. The van der Waals surface area contributed by atoms with Gasteiger partial charge in [-0.25, -0.2) is 9.69 Å². The summed E-state index contributed by atoms with van der Waals surface area (Å²) in [5.74, 6) is -1.49. The van der Waals surface area contributed by atoms with Crippen LogP contribution in [0.4, 0.5) is 10.5 Å². The van der Waals surface area contributed by atoms with Crippen LogP contribution in [0.15, 0.2) is 83.3 Å². The van der Waals surface area contributed by atoms with Crippen molar-refractivity contribution in [2.45, 2.75) is 111 Å². The minimum atomic E-state index is -1.94. The van der Waals surface area contributed by atoms with E-state index in [0.29, 0.717) is 39.2 Å². The Balaban J connectivity index is 1.42. The standard InChI is InChI=1S/C45H54ClN3O7/c1-5-7-8-9-10-11-12-13-14-21-28-55-37-27-26-35(46)29-36(37)47-42(51)40(41(50)39-32(4)56-31(3)38(39)34-24-19-16-20-25-34)49-43(52)44(54-6-2)48(45(49)53)30-33-22-17-15-18-23-33/h15-20,22-27,29,40,44H,5-14,21,28,30H2,1-4H3,(H,47,51). The molecule has 2 atom stereocenters. The number of urea groups is 1. The van der Waals surface area contributed by atoms with Gasteiger partial charge in [-0.3, -0.25) is 19.3 Å². The van der Waals surface area contributed by atoms with E-state index in [1.165, 1.54) is 55.9 Å². The summed E-state index contributed by atoms with van der Waals surface area (Å²) in [5.41, 5.74) is 2.18. The third-order valence-corrected chi connectivity index (χ3v) is 10.2. The summed E-state index contributed by atoms with van der Waals surface area (Å²) in [6.45, 7) is 7.81. The number of imide groups is 1. The highest BCUT2D eigenvalue weighted by atomic mass is 35.5. The maximum Gasteiger partial charge on any atom is 0.330 e.